The molecule has 4 heterocycles. The summed E-state index contributed by atoms with van der Waals surface area (Å²) in [6.07, 6.45) is 8.95. The molecule has 7 nitrogen and oxygen atoms in total. The third kappa shape index (κ3) is 6.79. The summed E-state index contributed by atoms with van der Waals surface area (Å²) in [7, 11) is 3.94. The monoisotopic (exact) mass is 675 g/mol. The van der Waals surface area contributed by atoms with Gasteiger partial charge in [0.05, 0.1) is 11.6 Å². The van der Waals surface area contributed by atoms with Gasteiger partial charge in [-0.2, -0.15) is 0 Å². The van der Waals surface area contributed by atoms with Crippen molar-refractivity contribution >= 4 is 0 Å². The third-order valence-corrected chi connectivity index (χ3v) is 5.18. The van der Waals surface area contributed by atoms with E-state index in [4.69, 9.17) is 11.8 Å². The summed E-state index contributed by atoms with van der Waals surface area (Å²) in [5.74, 6) is 0.446. The van der Waals surface area contributed by atoms with Crippen molar-refractivity contribution < 1.29 is 28.9 Å². The van der Waals surface area contributed by atoms with Gasteiger partial charge in [-0.25, -0.2) is 0 Å². The van der Waals surface area contributed by atoms with E-state index in [1.165, 1.54) is 0 Å². The molecule has 37 heavy (non-hydrogen) atoms. The smallest absolute Gasteiger partial charge is 0.512 e. The maximum atomic E-state index is 13.2. The van der Waals surface area contributed by atoms with Gasteiger partial charge in [-0.15, -0.1) is 18.2 Å². The number of imidazole rings is 2. The largest absolute Gasteiger partial charge is 3.00 e. The van der Waals surface area contributed by atoms with Crippen molar-refractivity contribution in [3.63, 3.8) is 0 Å². The Kier molecular flexibility index (Phi) is 10.5. The molecule has 0 bridgehead atoms. The van der Waals surface area contributed by atoms with Crippen LogP contribution in [0.25, 0.3) is 34.0 Å². The molecule has 10 heteroatoms. The van der Waals surface area contributed by atoms with Gasteiger partial charge in [-0.1, -0.05) is 48.7 Å². The van der Waals surface area contributed by atoms with E-state index in [0.717, 1.165) is 46.3 Å². The first-order chi connectivity index (χ1) is 17.3. The molecule has 0 spiro atoms. The third-order valence-electron chi connectivity index (χ3n) is 5.18. The Bertz CT molecular complexity index is 1420. The summed E-state index contributed by atoms with van der Waals surface area (Å²) in [6, 6.07) is 13.0. The van der Waals surface area contributed by atoms with Crippen LogP contribution in [0.5, 0.6) is 0 Å². The van der Waals surface area contributed by atoms with Crippen LogP contribution in [0.1, 0.15) is 11.4 Å². The van der Waals surface area contributed by atoms with Crippen LogP contribution in [-0.2, 0) is 34.2 Å². The number of nitrogens with zero attached hydrogens (tertiary/aromatic N) is 7. The normalized spacial score (nSPS) is 9.84. The molecule has 1 aromatic carbocycles. The van der Waals surface area contributed by atoms with Crippen molar-refractivity contribution in [1.29, 1.82) is 5.26 Å². The first-order valence-electron chi connectivity index (χ1n) is 10.7. The average molecular weight is 675 g/mol. The molecule has 188 valence electrons. The van der Waals surface area contributed by atoms with Gasteiger partial charge in [-0.05, 0) is 23.1 Å². The second-order valence-corrected chi connectivity index (χ2v) is 7.64. The molecule has 4 aromatic heterocycles. The van der Waals surface area contributed by atoms with E-state index in [1.54, 1.807) is 36.8 Å². The van der Waals surface area contributed by atoms with Gasteiger partial charge < -0.3 is 30.9 Å². The van der Waals surface area contributed by atoms with Crippen molar-refractivity contribution in [2.75, 3.05) is 0 Å². The van der Waals surface area contributed by atoms with E-state index in [9.17, 15) is 8.78 Å². The molecule has 0 fully saturated rings. The Morgan fingerprint density at radius 1 is 0.838 bits per heavy atom. The van der Waals surface area contributed by atoms with Crippen LogP contribution < -0.4 is 0 Å². The molecular weight excluding hydrogens is 653 g/mol. The van der Waals surface area contributed by atoms with Crippen molar-refractivity contribution in [3.8, 4) is 34.0 Å². The van der Waals surface area contributed by atoms with Crippen LogP contribution in [0, 0.1) is 49.4 Å². The number of aryl methyl sites for hydroxylation is 4. The van der Waals surface area contributed by atoms with Gasteiger partial charge in [0.1, 0.15) is 0 Å². The quantitative estimate of drug-likeness (QED) is 0.245. The van der Waals surface area contributed by atoms with Crippen LogP contribution in [0.4, 0.5) is 8.78 Å². The number of halogens is 2. The number of pyridine rings is 2. The molecule has 0 aliphatic rings. The van der Waals surface area contributed by atoms with E-state index in [2.05, 4.69) is 32.1 Å². The minimum atomic E-state index is -0.649. The fraction of sp³-hybridized carbons (Fsp3) is 0.148. The van der Waals surface area contributed by atoms with Gasteiger partial charge in [0.25, 0.3) is 0 Å². The van der Waals surface area contributed by atoms with Gasteiger partial charge in [0.2, 0.25) is 0 Å². The second-order valence-electron chi connectivity index (χ2n) is 7.64. The van der Waals surface area contributed by atoms with Crippen molar-refractivity contribution in [2.24, 2.45) is 14.1 Å². The molecule has 5 rings (SSSR count). The minimum Gasteiger partial charge on any atom is -0.512 e. The number of rotatable bonds is 3. The molecule has 0 aliphatic carbocycles. The van der Waals surface area contributed by atoms with E-state index >= 15 is 0 Å². The van der Waals surface area contributed by atoms with Crippen LogP contribution in [0.2, 0.25) is 0 Å². The first kappa shape index (κ1) is 29.2. The Morgan fingerprint density at radius 2 is 1.41 bits per heavy atom. The van der Waals surface area contributed by atoms with Gasteiger partial charge in [0, 0.05) is 56.7 Å². The summed E-state index contributed by atoms with van der Waals surface area (Å²) in [5, 5.41) is 6.25. The molecule has 5 aromatic rings. The van der Waals surface area contributed by atoms with E-state index in [1.807, 2.05) is 49.5 Å². The summed E-state index contributed by atoms with van der Waals surface area (Å²) in [5.41, 5.74) is 4.32. The van der Waals surface area contributed by atoms with E-state index < -0.39 is 11.6 Å². The van der Waals surface area contributed by atoms with Crippen molar-refractivity contribution in [1.82, 2.24) is 29.1 Å². The first-order valence-corrected chi connectivity index (χ1v) is 10.7. The summed E-state index contributed by atoms with van der Waals surface area (Å²) < 4.78 is 29.7. The fourth-order valence-corrected chi connectivity index (χ4v) is 3.47. The maximum Gasteiger partial charge on any atom is 3.00 e. The van der Waals surface area contributed by atoms with Gasteiger partial charge >= 0.3 is 20.1 Å². The zero-order chi connectivity index (χ0) is 26.2. The summed E-state index contributed by atoms with van der Waals surface area (Å²) >= 11 is 0. The zero-order valence-electron chi connectivity index (χ0n) is 20.5. The Labute approximate surface area is 227 Å². The van der Waals surface area contributed by atoms with Crippen LogP contribution >= 0.6 is 0 Å². The molecule has 0 amide bonds. The topological polar surface area (TPSA) is 85.2 Å². The van der Waals surface area contributed by atoms with E-state index in [-0.39, 0.29) is 25.7 Å². The van der Waals surface area contributed by atoms with Crippen molar-refractivity contribution in [2.45, 2.75) is 13.8 Å². The van der Waals surface area contributed by atoms with Crippen LogP contribution in [-0.4, -0.2) is 29.1 Å². The number of hydrogen-bond acceptors (Lipinski definition) is 5. The molecule has 0 aliphatic heterocycles. The second kappa shape index (κ2) is 13.3. The minimum absolute atomic E-state index is 0. The van der Waals surface area contributed by atoms with Crippen molar-refractivity contribution in [3.05, 3.63) is 103 Å². The molecule has 0 saturated carbocycles. The predicted molar refractivity (Wildman–Crippen MR) is 130 cm³/mol. The van der Waals surface area contributed by atoms with Crippen LogP contribution in [0.3, 0.4) is 0 Å². The fourth-order valence-electron chi connectivity index (χ4n) is 3.47. The molecular formula is C27H22F2IrN7. The Hall–Kier alpha value is -4.06. The Balaban J connectivity index is 0.000000250. The van der Waals surface area contributed by atoms with Crippen LogP contribution in [0.15, 0.2) is 61.3 Å². The molecule has 0 N–H and O–H groups in total. The Morgan fingerprint density at radius 3 is 1.84 bits per heavy atom. The number of hydrogen-bond donors (Lipinski definition) is 0. The zero-order valence-corrected chi connectivity index (χ0v) is 22.9. The van der Waals surface area contributed by atoms with Gasteiger partial charge in [0.15, 0.2) is 0 Å². The maximum absolute atomic E-state index is 13.2. The predicted octanol–water partition coefficient (Wildman–Crippen LogP) is 5.22. The molecule has 0 atom stereocenters. The number of benzene rings is 1. The molecule has 0 radical (unpaired) electrons. The summed E-state index contributed by atoms with van der Waals surface area (Å²) in [4.78, 5) is 17.3. The van der Waals surface area contributed by atoms with E-state index in [0.29, 0.717) is 5.69 Å². The standard InChI is InChI=1S/C15H16N5.C11H6F2N.CN.Ir/c1-10-12(14-16-5-7-19(14)3)9-13(11(2)18-10)15-17-6-8-20(15)4;12-8-4-5-9(10(13)7-8)11-3-1-2-6-14-11;1-2;/h5-8H,1-4H3;1-4,6-7H;;/q3*-1;+3. The average Bonchev–Trinajstić information content (AvgIpc) is 3.49. The number of aromatic nitrogens is 6. The van der Waals surface area contributed by atoms with Gasteiger partial charge in [-0.3, -0.25) is 18.7 Å². The summed E-state index contributed by atoms with van der Waals surface area (Å²) in [6.45, 7) is 8.71. The molecule has 0 saturated heterocycles. The molecule has 0 unspecified atom stereocenters. The SMILES string of the molecule is Cc1nc(C)c(-c2nccn2C)[c-]c1-c1nccn1C.Fc1c[c-]c(-c2ccccn2)c(F)c1.[C-]#N.[Ir+3].